The molecule has 4 rings (SSSR count). The Morgan fingerprint density at radius 2 is 1.12 bits per heavy atom. The van der Waals surface area contributed by atoms with Gasteiger partial charge in [0.15, 0.2) is 5.82 Å². The average molecular weight is 336 g/mol. The Bertz CT molecular complexity index is 1040. The highest BCUT2D eigenvalue weighted by Crippen LogP contribution is 2.29. The number of aromatic nitrogens is 2. The van der Waals surface area contributed by atoms with Crippen molar-refractivity contribution in [3.8, 4) is 33.8 Å². The molecule has 0 radical (unpaired) electrons. The zero-order chi connectivity index (χ0) is 17.9. The van der Waals surface area contributed by atoms with Gasteiger partial charge in [0.05, 0.1) is 5.69 Å². The number of aryl methyl sites for hydroxylation is 1. The van der Waals surface area contributed by atoms with E-state index in [2.05, 4.69) is 55.5 Å². The molecule has 0 aliphatic heterocycles. The number of benzene rings is 3. The molecule has 0 saturated heterocycles. The molecule has 0 unspecified atom stereocenters. The van der Waals surface area contributed by atoms with Crippen molar-refractivity contribution in [1.29, 1.82) is 0 Å². The minimum Gasteiger partial charge on any atom is -0.233 e. The maximum Gasteiger partial charge on any atom is 0.160 e. The lowest BCUT2D eigenvalue weighted by molar-refractivity contribution is 1.08. The topological polar surface area (TPSA) is 25.8 Å². The summed E-state index contributed by atoms with van der Waals surface area (Å²) >= 11 is 0. The second-order valence-corrected chi connectivity index (χ2v) is 6.42. The molecular weight excluding hydrogens is 316 g/mol. The van der Waals surface area contributed by atoms with E-state index in [-0.39, 0.29) is 0 Å². The summed E-state index contributed by atoms with van der Waals surface area (Å²) in [5.74, 6) is 0.772. The van der Waals surface area contributed by atoms with Gasteiger partial charge in [-0.05, 0) is 36.6 Å². The highest BCUT2D eigenvalue weighted by molar-refractivity contribution is 5.74. The molecule has 1 heterocycles. The van der Waals surface area contributed by atoms with E-state index in [0.29, 0.717) is 0 Å². The minimum absolute atomic E-state index is 0.772. The first-order valence-corrected chi connectivity index (χ1v) is 8.79. The quantitative estimate of drug-likeness (QED) is 0.452. The third-order valence-electron chi connectivity index (χ3n) is 4.66. The Hall–Kier alpha value is -3.26. The van der Waals surface area contributed by atoms with Crippen molar-refractivity contribution in [2.75, 3.05) is 0 Å². The molecule has 4 aromatic rings. The number of hydrogen-bond acceptors (Lipinski definition) is 2. The van der Waals surface area contributed by atoms with Crippen LogP contribution in [0.5, 0.6) is 0 Å². The first-order valence-electron chi connectivity index (χ1n) is 8.79. The molecule has 1 aromatic heterocycles. The van der Waals surface area contributed by atoms with E-state index in [1.807, 2.05) is 43.3 Å². The van der Waals surface area contributed by atoms with Gasteiger partial charge in [-0.2, -0.15) is 0 Å². The smallest absolute Gasteiger partial charge is 0.160 e. The molecule has 0 amide bonds. The van der Waals surface area contributed by atoms with E-state index in [9.17, 15) is 0 Å². The summed E-state index contributed by atoms with van der Waals surface area (Å²) in [5, 5.41) is 0. The van der Waals surface area contributed by atoms with Gasteiger partial charge in [-0.15, -0.1) is 0 Å². The van der Waals surface area contributed by atoms with Gasteiger partial charge in [0.1, 0.15) is 0 Å². The maximum absolute atomic E-state index is 4.90. The molecule has 26 heavy (non-hydrogen) atoms. The lowest BCUT2D eigenvalue weighted by Crippen LogP contribution is -1.99. The summed E-state index contributed by atoms with van der Waals surface area (Å²) in [6.45, 7) is 4.14. The molecule has 0 aliphatic rings. The maximum atomic E-state index is 4.90. The van der Waals surface area contributed by atoms with Crippen LogP contribution in [0.25, 0.3) is 33.8 Å². The fourth-order valence-electron chi connectivity index (χ4n) is 3.10. The number of rotatable bonds is 3. The molecule has 0 aliphatic carbocycles. The third-order valence-corrected chi connectivity index (χ3v) is 4.66. The van der Waals surface area contributed by atoms with Crippen LogP contribution in [0.2, 0.25) is 0 Å². The Morgan fingerprint density at radius 1 is 0.538 bits per heavy atom. The number of hydrogen-bond donors (Lipinski definition) is 0. The zero-order valence-electron chi connectivity index (χ0n) is 15.0. The van der Waals surface area contributed by atoms with E-state index in [4.69, 9.17) is 9.97 Å². The van der Waals surface area contributed by atoms with Crippen LogP contribution in [0.15, 0.2) is 84.9 Å². The van der Waals surface area contributed by atoms with E-state index in [1.165, 1.54) is 11.1 Å². The van der Waals surface area contributed by atoms with Crippen LogP contribution in [0.1, 0.15) is 11.3 Å². The molecule has 0 spiro atoms. The summed E-state index contributed by atoms with van der Waals surface area (Å²) < 4.78 is 0. The predicted molar refractivity (Wildman–Crippen MR) is 108 cm³/mol. The normalized spacial score (nSPS) is 10.7. The second kappa shape index (κ2) is 6.93. The van der Waals surface area contributed by atoms with E-state index >= 15 is 0 Å². The summed E-state index contributed by atoms with van der Waals surface area (Å²) in [4.78, 5) is 9.60. The van der Waals surface area contributed by atoms with Gasteiger partial charge >= 0.3 is 0 Å². The van der Waals surface area contributed by atoms with E-state index in [0.717, 1.165) is 33.9 Å². The van der Waals surface area contributed by atoms with Gasteiger partial charge in [0.25, 0.3) is 0 Å². The molecule has 3 aromatic carbocycles. The summed E-state index contributed by atoms with van der Waals surface area (Å²) in [7, 11) is 0. The largest absolute Gasteiger partial charge is 0.233 e. The molecule has 0 bridgehead atoms. The predicted octanol–water partition coefficient (Wildman–Crippen LogP) is 6.09. The van der Waals surface area contributed by atoms with Crippen LogP contribution in [-0.4, -0.2) is 9.97 Å². The van der Waals surface area contributed by atoms with Gasteiger partial charge in [-0.3, -0.25) is 0 Å². The molecule has 0 atom stereocenters. The van der Waals surface area contributed by atoms with Crippen LogP contribution in [0, 0.1) is 13.8 Å². The van der Waals surface area contributed by atoms with Crippen LogP contribution in [-0.2, 0) is 0 Å². The molecule has 2 heteroatoms. The Balaban J connectivity index is 1.85. The standard InChI is InChI=1S/C24H20N2/c1-17-18(2)25-24(20-12-7-4-8-13-20)26-23(17)22-15-9-14-21(16-22)19-10-5-3-6-11-19/h3-16H,1-2H3. The molecule has 0 N–H and O–H groups in total. The molecule has 2 nitrogen and oxygen atoms in total. The highest BCUT2D eigenvalue weighted by atomic mass is 14.9. The van der Waals surface area contributed by atoms with Crippen molar-refractivity contribution in [3.63, 3.8) is 0 Å². The molecular formula is C24H20N2. The van der Waals surface area contributed by atoms with Crippen LogP contribution >= 0.6 is 0 Å². The number of nitrogens with zero attached hydrogens (tertiary/aromatic N) is 2. The fourth-order valence-corrected chi connectivity index (χ4v) is 3.10. The Kier molecular flexibility index (Phi) is 4.32. The summed E-state index contributed by atoms with van der Waals surface area (Å²) in [6.07, 6.45) is 0. The molecule has 126 valence electrons. The van der Waals surface area contributed by atoms with Gasteiger partial charge in [-0.1, -0.05) is 78.9 Å². The van der Waals surface area contributed by atoms with Gasteiger partial charge < -0.3 is 0 Å². The first kappa shape index (κ1) is 16.2. The molecule has 0 fully saturated rings. The first-order chi connectivity index (χ1) is 12.7. The van der Waals surface area contributed by atoms with E-state index < -0.39 is 0 Å². The average Bonchev–Trinajstić information content (AvgIpc) is 2.71. The van der Waals surface area contributed by atoms with Crippen molar-refractivity contribution in [2.24, 2.45) is 0 Å². The fraction of sp³-hybridized carbons (Fsp3) is 0.0833. The van der Waals surface area contributed by atoms with E-state index in [1.54, 1.807) is 0 Å². The lowest BCUT2D eigenvalue weighted by Gasteiger charge is -2.12. The van der Waals surface area contributed by atoms with Crippen LogP contribution < -0.4 is 0 Å². The third kappa shape index (κ3) is 3.14. The minimum atomic E-state index is 0.772. The summed E-state index contributed by atoms with van der Waals surface area (Å²) in [6, 6.07) is 29.1. The van der Waals surface area contributed by atoms with Crippen molar-refractivity contribution >= 4 is 0 Å². The molecule has 0 saturated carbocycles. The van der Waals surface area contributed by atoms with Crippen LogP contribution in [0.3, 0.4) is 0 Å². The van der Waals surface area contributed by atoms with Gasteiger partial charge in [0, 0.05) is 16.8 Å². The van der Waals surface area contributed by atoms with Crippen LogP contribution in [0.4, 0.5) is 0 Å². The lowest BCUT2D eigenvalue weighted by atomic mass is 9.99. The zero-order valence-corrected chi connectivity index (χ0v) is 15.0. The van der Waals surface area contributed by atoms with Crippen molar-refractivity contribution < 1.29 is 0 Å². The summed E-state index contributed by atoms with van der Waals surface area (Å²) in [5.41, 5.74) is 7.69. The Morgan fingerprint density at radius 3 is 1.81 bits per heavy atom. The SMILES string of the molecule is Cc1nc(-c2ccccc2)nc(-c2cccc(-c3ccccc3)c2)c1C. The van der Waals surface area contributed by atoms with Gasteiger partial charge in [-0.25, -0.2) is 9.97 Å². The van der Waals surface area contributed by atoms with Crippen molar-refractivity contribution in [2.45, 2.75) is 13.8 Å². The van der Waals surface area contributed by atoms with Gasteiger partial charge in [0.2, 0.25) is 0 Å². The monoisotopic (exact) mass is 336 g/mol. The van der Waals surface area contributed by atoms with Crippen molar-refractivity contribution in [1.82, 2.24) is 9.97 Å². The highest BCUT2D eigenvalue weighted by Gasteiger charge is 2.12. The second-order valence-electron chi connectivity index (χ2n) is 6.42. The van der Waals surface area contributed by atoms with Crippen molar-refractivity contribution in [3.05, 3.63) is 96.2 Å². The Labute approximate surface area is 154 Å².